The second-order valence-electron chi connectivity index (χ2n) is 2.73. The highest BCUT2D eigenvalue weighted by Gasteiger charge is 2.09. The van der Waals surface area contributed by atoms with Crippen molar-refractivity contribution in [1.29, 1.82) is 0 Å². The van der Waals surface area contributed by atoms with Gasteiger partial charge in [0, 0.05) is 5.02 Å². The summed E-state index contributed by atoms with van der Waals surface area (Å²) in [7, 11) is 0. The molecule has 0 atom stereocenters. The molecule has 0 aliphatic carbocycles. The minimum absolute atomic E-state index is 0.171. The van der Waals surface area contributed by atoms with E-state index >= 15 is 0 Å². The van der Waals surface area contributed by atoms with Gasteiger partial charge in [0.2, 0.25) is 0 Å². The van der Waals surface area contributed by atoms with Crippen molar-refractivity contribution in [3.63, 3.8) is 0 Å². The van der Waals surface area contributed by atoms with Crippen LogP contribution in [0.2, 0.25) is 5.02 Å². The normalized spacial score (nSPS) is 10.4. The van der Waals surface area contributed by atoms with E-state index < -0.39 is 0 Å². The van der Waals surface area contributed by atoms with Crippen molar-refractivity contribution in [2.24, 2.45) is 0 Å². The maximum Gasteiger partial charge on any atom is 0.127 e. The first-order chi connectivity index (χ1) is 5.57. The molecule has 1 aromatic carbocycles. The molecule has 0 aliphatic heterocycles. The molecule has 0 spiro atoms. The molecule has 0 aromatic heterocycles. The third-order valence-corrected chi connectivity index (χ3v) is 2.43. The van der Waals surface area contributed by atoms with Crippen LogP contribution < -0.4 is 0 Å². The van der Waals surface area contributed by atoms with Crippen LogP contribution in [-0.2, 0) is 6.61 Å². The standard InChI is InChI=1S/C9H10ClFO/c1-5-7(4-12)6(2)9(11)3-8(5)10/h3,12H,4H2,1-2H3. The Kier molecular flexibility index (Phi) is 2.70. The molecule has 0 fully saturated rings. The molecule has 66 valence electrons. The third-order valence-electron chi connectivity index (χ3n) is 2.03. The van der Waals surface area contributed by atoms with E-state index in [0.717, 1.165) is 5.56 Å². The molecule has 0 aliphatic rings. The van der Waals surface area contributed by atoms with Gasteiger partial charge in [-0.05, 0) is 36.6 Å². The minimum atomic E-state index is -0.366. The molecule has 0 radical (unpaired) electrons. The first-order valence-corrected chi connectivity index (χ1v) is 4.00. The maximum atomic E-state index is 13.0. The molecular weight excluding hydrogens is 179 g/mol. The van der Waals surface area contributed by atoms with Gasteiger partial charge in [0.15, 0.2) is 0 Å². The fourth-order valence-electron chi connectivity index (χ4n) is 1.13. The van der Waals surface area contributed by atoms with Gasteiger partial charge in [-0.15, -0.1) is 0 Å². The Labute approximate surface area is 75.8 Å². The van der Waals surface area contributed by atoms with E-state index in [2.05, 4.69) is 0 Å². The maximum absolute atomic E-state index is 13.0. The Morgan fingerprint density at radius 2 is 2.00 bits per heavy atom. The van der Waals surface area contributed by atoms with E-state index in [-0.39, 0.29) is 12.4 Å². The van der Waals surface area contributed by atoms with E-state index in [1.54, 1.807) is 13.8 Å². The summed E-state index contributed by atoms with van der Waals surface area (Å²) in [5.41, 5.74) is 1.80. The average Bonchev–Trinajstić information content (AvgIpc) is 2.02. The highest BCUT2D eigenvalue weighted by Crippen LogP contribution is 2.24. The second-order valence-corrected chi connectivity index (χ2v) is 3.13. The van der Waals surface area contributed by atoms with Crippen molar-refractivity contribution < 1.29 is 9.50 Å². The molecule has 1 N–H and O–H groups in total. The zero-order chi connectivity index (χ0) is 9.30. The molecule has 1 aromatic rings. The van der Waals surface area contributed by atoms with E-state index in [1.807, 2.05) is 0 Å². The van der Waals surface area contributed by atoms with Crippen molar-refractivity contribution in [3.05, 3.63) is 33.6 Å². The highest BCUT2D eigenvalue weighted by atomic mass is 35.5. The van der Waals surface area contributed by atoms with Gasteiger partial charge < -0.3 is 5.11 Å². The lowest BCUT2D eigenvalue weighted by atomic mass is 10.0. The van der Waals surface area contributed by atoms with Crippen LogP contribution in [0.1, 0.15) is 16.7 Å². The van der Waals surface area contributed by atoms with E-state index in [4.69, 9.17) is 16.7 Å². The number of hydrogen-bond donors (Lipinski definition) is 1. The summed E-state index contributed by atoms with van der Waals surface area (Å²) in [5, 5.41) is 9.29. The van der Waals surface area contributed by atoms with Crippen molar-refractivity contribution in [3.8, 4) is 0 Å². The van der Waals surface area contributed by atoms with E-state index in [9.17, 15) is 4.39 Å². The molecule has 0 heterocycles. The predicted octanol–water partition coefficient (Wildman–Crippen LogP) is 2.59. The Hall–Kier alpha value is -0.600. The highest BCUT2D eigenvalue weighted by molar-refractivity contribution is 6.31. The number of rotatable bonds is 1. The molecule has 1 nitrogen and oxygen atoms in total. The number of benzene rings is 1. The average molecular weight is 189 g/mol. The SMILES string of the molecule is Cc1c(F)cc(Cl)c(C)c1CO. The van der Waals surface area contributed by atoms with Gasteiger partial charge in [0.25, 0.3) is 0 Å². The van der Waals surface area contributed by atoms with Crippen LogP contribution >= 0.6 is 11.6 Å². The first kappa shape index (κ1) is 9.49. The van der Waals surface area contributed by atoms with Crippen LogP contribution in [0.5, 0.6) is 0 Å². The lowest BCUT2D eigenvalue weighted by Gasteiger charge is -2.09. The second kappa shape index (κ2) is 3.42. The largest absolute Gasteiger partial charge is 0.392 e. The van der Waals surface area contributed by atoms with Crippen LogP contribution in [0.25, 0.3) is 0 Å². The first-order valence-electron chi connectivity index (χ1n) is 3.63. The summed E-state index contributed by atoms with van der Waals surface area (Å²) in [4.78, 5) is 0. The Morgan fingerprint density at radius 3 is 2.50 bits per heavy atom. The molecule has 12 heavy (non-hydrogen) atoms. The zero-order valence-corrected chi connectivity index (χ0v) is 7.74. The predicted molar refractivity (Wildman–Crippen MR) is 46.8 cm³/mol. The third kappa shape index (κ3) is 1.45. The fourth-order valence-corrected chi connectivity index (χ4v) is 1.34. The van der Waals surface area contributed by atoms with Crippen LogP contribution in [0, 0.1) is 19.7 Å². The quantitative estimate of drug-likeness (QED) is 0.718. The van der Waals surface area contributed by atoms with Crippen molar-refractivity contribution in [2.75, 3.05) is 0 Å². The number of hydrogen-bond acceptors (Lipinski definition) is 1. The number of aliphatic hydroxyl groups is 1. The lowest BCUT2D eigenvalue weighted by Crippen LogP contribution is -1.97. The Bertz CT molecular complexity index is 284. The topological polar surface area (TPSA) is 20.2 Å². The van der Waals surface area contributed by atoms with Crippen LogP contribution in [0.3, 0.4) is 0 Å². The molecule has 3 heteroatoms. The molecule has 0 amide bonds. The Morgan fingerprint density at radius 1 is 1.42 bits per heavy atom. The van der Waals surface area contributed by atoms with Crippen molar-refractivity contribution >= 4 is 11.6 Å². The van der Waals surface area contributed by atoms with Gasteiger partial charge >= 0.3 is 0 Å². The fraction of sp³-hybridized carbons (Fsp3) is 0.333. The van der Waals surface area contributed by atoms with Gasteiger partial charge in [0.05, 0.1) is 6.61 Å². The van der Waals surface area contributed by atoms with Crippen LogP contribution in [0.4, 0.5) is 4.39 Å². The van der Waals surface area contributed by atoms with Crippen molar-refractivity contribution in [1.82, 2.24) is 0 Å². The van der Waals surface area contributed by atoms with Gasteiger partial charge in [-0.3, -0.25) is 0 Å². The van der Waals surface area contributed by atoms with Gasteiger partial charge in [-0.1, -0.05) is 11.6 Å². The van der Waals surface area contributed by atoms with Crippen molar-refractivity contribution in [2.45, 2.75) is 20.5 Å². The molecule has 0 saturated heterocycles. The minimum Gasteiger partial charge on any atom is -0.392 e. The van der Waals surface area contributed by atoms with Crippen LogP contribution in [0.15, 0.2) is 6.07 Å². The van der Waals surface area contributed by atoms with Gasteiger partial charge in [-0.25, -0.2) is 4.39 Å². The van der Waals surface area contributed by atoms with Gasteiger partial charge in [-0.2, -0.15) is 0 Å². The molecular formula is C9H10ClFO. The monoisotopic (exact) mass is 188 g/mol. The number of halogens is 2. The number of aliphatic hydroxyl groups excluding tert-OH is 1. The van der Waals surface area contributed by atoms with Crippen LogP contribution in [-0.4, -0.2) is 5.11 Å². The molecule has 0 unspecified atom stereocenters. The smallest absolute Gasteiger partial charge is 0.127 e. The summed E-state index contributed by atoms with van der Waals surface area (Å²) in [6.07, 6.45) is 0. The van der Waals surface area contributed by atoms with Gasteiger partial charge in [0.1, 0.15) is 5.82 Å². The summed E-state index contributed by atoms with van der Waals surface area (Å²) in [6, 6.07) is 1.27. The molecule has 0 bridgehead atoms. The molecule has 0 saturated carbocycles. The van der Waals surface area contributed by atoms with E-state index in [0.29, 0.717) is 16.1 Å². The summed E-state index contributed by atoms with van der Waals surface area (Å²) < 4.78 is 13.0. The van der Waals surface area contributed by atoms with E-state index in [1.165, 1.54) is 6.07 Å². The summed E-state index contributed by atoms with van der Waals surface area (Å²) >= 11 is 5.72. The zero-order valence-electron chi connectivity index (χ0n) is 6.99. The summed E-state index contributed by atoms with van der Waals surface area (Å²) in [6.45, 7) is 3.22. The molecule has 1 rings (SSSR count). The summed E-state index contributed by atoms with van der Waals surface area (Å²) in [5.74, 6) is -0.366. The Balaban J connectivity index is 3.42. The lowest BCUT2D eigenvalue weighted by molar-refractivity contribution is 0.279.